The number of aromatic nitrogens is 4. The van der Waals surface area contributed by atoms with Crippen molar-refractivity contribution in [1.29, 1.82) is 0 Å². The first-order chi connectivity index (χ1) is 14.7. The average molecular weight is 535 g/mol. The van der Waals surface area contributed by atoms with Crippen molar-refractivity contribution in [3.8, 4) is 17.3 Å². The molecule has 3 heterocycles. The van der Waals surface area contributed by atoms with Gasteiger partial charge in [-0.3, -0.25) is 14.8 Å². The Labute approximate surface area is 192 Å². The van der Waals surface area contributed by atoms with Gasteiger partial charge < -0.3 is 9.72 Å². The molecule has 4 aromatic rings. The summed E-state index contributed by atoms with van der Waals surface area (Å²) >= 11 is 8.14. The third kappa shape index (κ3) is 5.76. The molecule has 1 aromatic carbocycles. The fourth-order valence-electron chi connectivity index (χ4n) is 2.88. The zero-order valence-electron chi connectivity index (χ0n) is 16.3. The van der Waals surface area contributed by atoms with Gasteiger partial charge in [0.2, 0.25) is 0 Å². The molecule has 0 aliphatic heterocycles. The Bertz CT molecular complexity index is 1170. The zero-order valence-corrected chi connectivity index (χ0v) is 19.2. The molecule has 0 aliphatic rings. The summed E-state index contributed by atoms with van der Waals surface area (Å²) in [5.74, 6) is 1.02. The first-order valence-corrected chi connectivity index (χ1v) is 11.8. The van der Waals surface area contributed by atoms with Crippen molar-refractivity contribution in [1.82, 2.24) is 19.9 Å². The highest BCUT2D eigenvalue weighted by Crippen LogP contribution is 2.21. The largest absolute Gasteiger partial charge is 0.494 e. The molecule has 0 unspecified atom stereocenters. The number of pyridine rings is 2. The molecule has 6 nitrogen and oxygen atoms in total. The lowest BCUT2D eigenvalue weighted by Gasteiger charge is -2.08. The van der Waals surface area contributed by atoms with Crippen molar-refractivity contribution in [2.75, 3.05) is 11.5 Å². The maximum absolute atomic E-state index is 12.5. The smallest absolute Gasteiger partial charge is 0.259 e. The SMILES string of the molecule is CI.O=c1[nH]c(-c2cc(Cl)ccn2)nc2ccc(OCCCc3ccncc3)cc12. The van der Waals surface area contributed by atoms with Crippen LogP contribution in [0.2, 0.25) is 5.02 Å². The van der Waals surface area contributed by atoms with Crippen molar-refractivity contribution < 1.29 is 4.74 Å². The third-order valence-corrected chi connectivity index (χ3v) is 4.50. The van der Waals surface area contributed by atoms with Gasteiger partial charge in [0.05, 0.1) is 17.5 Å². The summed E-state index contributed by atoms with van der Waals surface area (Å²) in [6.45, 7) is 0.559. The van der Waals surface area contributed by atoms with E-state index in [1.807, 2.05) is 23.1 Å². The maximum atomic E-state index is 12.5. The number of halogens is 2. The lowest BCUT2D eigenvalue weighted by molar-refractivity contribution is 0.311. The van der Waals surface area contributed by atoms with Gasteiger partial charge in [0.1, 0.15) is 11.4 Å². The Morgan fingerprint density at radius 3 is 2.63 bits per heavy atom. The van der Waals surface area contributed by atoms with Gasteiger partial charge >= 0.3 is 0 Å². The molecule has 0 saturated carbocycles. The van der Waals surface area contributed by atoms with Crippen LogP contribution in [0.25, 0.3) is 22.4 Å². The van der Waals surface area contributed by atoms with Crippen LogP contribution in [-0.4, -0.2) is 31.5 Å². The van der Waals surface area contributed by atoms with E-state index in [4.69, 9.17) is 16.3 Å². The predicted octanol–water partition coefficient (Wildman–Crippen LogP) is 5.10. The summed E-state index contributed by atoms with van der Waals surface area (Å²) in [4.78, 5) is 29.9. The summed E-state index contributed by atoms with van der Waals surface area (Å²) in [5, 5.41) is 1.00. The highest BCUT2D eigenvalue weighted by atomic mass is 127. The van der Waals surface area contributed by atoms with Crippen LogP contribution in [0.4, 0.5) is 0 Å². The molecule has 0 fully saturated rings. The lowest BCUT2D eigenvalue weighted by Crippen LogP contribution is -2.10. The van der Waals surface area contributed by atoms with E-state index < -0.39 is 0 Å². The van der Waals surface area contributed by atoms with Crippen LogP contribution in [-0.2, 0) is 6.42 Å². The Morgan fingerprint density at radius 2 is 1.87 bits per heavy atom. The maximum Gasteiger partial charge on any atom is 0.259 e. The molecule has 0 radical (unpaired) electrons. The number of hydrogen-bond donors (Lipinski definition) is 1. The number of nitrogens with zero attached hydrogens (tertiary/aromatic N) is 3. The van der Waals surface area contributed by atoms with E-state index in [1.165, 1.54) is 5.56 Å². The Balaban J connectivity index is 0.00000124. The molecule has 0 atom stereocenters. The highest BCUT2D eigenvalue weighted by Gasteiger charge is 2.09. The van der Waals surface area contributed by atoms with E-state index in [1.54, 1.807) is 42.9 Å². The van der Waals surface area contributed by atoms with Gasteiger partial charge in [-0.1, -0.05) is 34.2 Å². The summed E-state index contributed by atoms with van der Waals surface area (Å²) in [5.41, 5.74) is 2.07. The van der Waals surface area contributed by atoms with Crippen LogP contribution in [0.15, 0.2) is 65.8 Å². The van der Waals surface area contributed by atoms with Crippen LogP contribution >= 0.6 is 34.2 Å². The second-order valence-corrected chi connectivity index (χ2v) is 6.70. The number of H-pyrrole nitrogens is 1. The van der Waals surface area contributed by atoms with Gasteiger partial charge in [0, 0.05) is 23.6 Å². The minimum absolute atomic E-state index is 0.246. The predicted molar refractivity (Wildman–Crippen MR) is 129 cm³/mol. The van der Waals surface area contributed by atoms with Gasteiger partial charge in [-0.05, 0) is 65.8 Å². The van der Waals surface area contributed by atoms with Gasteiger partial charge in [0.15, 0.2) is 5.82 Å². The molecule has 1 N–H and O–H groups in total. The van der Waals surface area contributed by atoms with Crippen molar-refractivity contribution in [3.05, 3.63) is 82.0 Å². The van der Waals surface area contributed by atoms with E-state index in [9.17, 15) is 4.79 Å². The van der Waals surface area contributed by atoms with Crippen molar-refractivity contribution in [3.63, 3.8) is 0 Å². The molecule has 0 bridgehead atoms. The Kier molecular flexibility index (Phi) is 8.15. The molecular weight excluding hydrogens is 515 g/mol. The van der Waals surface area contributed by atoms with E-state index in [0.717, 1.165) is 12.8 Å². The first kappa shape index (κ1) is 22.2. The van der Waals surface area contributed by atoms with Crippen LogP contribution in [0.1, 0.15) is 12.0 Å². The number of nitrogens with one attached hydrogen (secondary N) is 1. The zero-order chi connectivity index (χ0) is 21.3. The minimum atomic E-state index is -0.246. The van der Waals surface area contributed by atoms with Crippen molar-refractivity contribution in [2.45, 2.75) is 12.8 Å². The normalized spacial score (nSPS) is 10.4. The summed E-state index contributed by atoms with van der Waals surface area (Å²) in [6, 6.07) is 12.6. The molecule has 0 spiro atoms. The summed E-state index contributed by atoms with van der Waals surface area (Å²) < 4.78 is 5.80. The molecule has 3 aromatic heterocycles. The van der Waals surface area contributed by atoms with Crippen LogP contribution in [0, 0.1) is 0 Å². The number of alkyl halides is 1. The molecule has 30 heavy (non-hydrogen) atoms. The Morgan fingerprint density at radius 1 is 1.07 bits per heavy atom. The highest BCUT2D eigenvalue weighted by molar-refractivity contribution is 14.1. The minimum Gasteiger partial charge on any atom is -0.494 e. The summed E-state index contributed by atoms with van der Waals surface area (Å²) in [6.07, 6.45) is 6.92. The number of hydrogen-bond acceptors (Lipinski definition) is 5. The lowest BCUT2D eigenvalue weighted by atomic mass is 10.1. The molecule has 4 rings (SSSR count). The number of rotatable bonds is 6. The Hall–Kier alpha value is -2.52. The van der Waals surface area contributed by atoms with Crippen LogP contribution < -0.4 is 10.3 Å². The van der Waals surface area contributed by atoms with E-state index in [0.29, 0.717) is 39.8 Å². The molecule has 154 valence electrons. The average Bonchev–Trinajstić information content (AvgIpc) is 2.79. The van der Waals surface area contributed by atoms with E-state index in [-0.39, 0.29) is 5.56 Å². The van der Waals surface area contributed by atoms with Crippen LogP contribution in [0.5, 0.6) is 5.75 Å². The van der Waals surface area contributed by atoms with Gasteiger partial charge in [0.25, 0.3) is 5.56 Å². The number of fused-ring (bicyclic) bond motifs is 1. The second-order valence-electron chi connectivity index (χ2n) is 6.26. The molecular formula is C22H20ClIN4O2. The van der Waals surface area contributed by atoms with Crippen molar-refractivity contribution in [2.24, 2.45) is 0 Å². The molecule has 0 amide bonds. The van der Waals surface area contributed by atoms with E-state index >= 15 is 0 Å². The second kappa shape index (κ2) is 11.0. The third-order valence-electron chi connectivity index (χ3n) is 4.27. The standard InChI is InChI=1S/C21H17ClN4O2.CH3I/c22-15-7-10-24-19(12-15)20-25-18-4-3-16(13-17(18)21(27)26-20)28-11-1-2-14-5-8-23-9-6-14;1-2/h3-10,12-13H,1-2,11H2,(H,25,26,27);1H3. The first-order valence-electron chi connectivity index (χ1n) is 9.24. The van der Waals surface area contributed by atoms with Gasteiger partial charge in [-0.25, -0.2) is 4.98 Å². The monoisotopic (exact) mass is 534 g/mol. The topological polar surface area (TPSA) is 80.8 Å². The molecule has 0 aliphatic carbocycles. The van der Waals surface area contributed by atoms with Crippen molar-refractivity contribution >= 4 is 45.1 Å². The van der Waals surface area contributed by atoms with E-state index in [2.05, 4.69) is 42.5 Å². The quantitative estimate of drug-likeness (QED) is 0.212. The fraction of sp³-hybridized carbons (Fsp3) is 0.182. The number of aryl methyl sites for hydroxylation is 1. The van der Waals surface area contributed by atoms with Crippen LogP contribution in [0.3, 0.4) is 0 Å². The summed E-state index contributed by atoms with van der Waals surface area (Å²) in [7, 11) is 0. The van der Waals surface area contributed by atoms with Gasteiger partial charge in [-0.2, -0.15) is 0 Å². The van der Waals surface area contributed by atoms with Gasteiger partial charge in [-0.15, -0.1) is 0 Å². The number of benzene rings is 1. The fourth-order valence-corrected chi connectivity index (χ4v) is 3.04. The molecule has 0 saturated heterocycles. The number of aromatic amines is 1. The number of ether oxygens (including phenoxy) is 1. The molecule has 8 heteroatoms.